The number of nitrogen functional groups attached to an aromatic ring is 1. The van der Waals surface area contributed by atoms with E-state index in [4.69, 9.17) is 15.2 Å². The molecule has 0 radical (unpaired) electrons. The summed E-state index contributed by atoms with van der Waals surface area (Å²) in [5, 5.41) is 4.74. The van der Waals surface area contributed by atoms with Crippen molar-refractivity contribution in [3.05, 3.63) is 39.0 Å². The summed E-state index contributed by atoms with van der Waals surface area (Å²) >= 11 is 0. The zero-order valence-electron chi connectivity index (χ0n) is 17.9. The fourth-order valence-electron chi connectivity index (χ4n) is 3.25. The number of rotatable bonds is 8. The zero-order chi connectivity index (χ0) is 23.3. The van der Waals surface area contributed by atoms with Crippen LogP contribution in [-0.2, 0) is 11.3 Å². The van der Waals surface area contributed by atoms with Gasteiger partial charge in [0.05, 0.1) is 6.54 Å². The van der Waals surface area contributed by atoms with E-state index >= 15 is 0 Å². The second-order valence-electron chi connectivity index (χ2n) is 7.08. The Balaban J connectivity index is 1.68. The lowest BCUT2D eigenvalue weighted by Gasteiger charge is -2.24. The predicted octanol–water partition coefficient (Wildman–Crippen LogP) is 0.822. The van der Waals surface area contributed by atoms with Crippen molar-refractivity contribution in [1.29, 1.82) is 0 Å². The Morgan fingerprint density at radius 3 is 2.69 bits per heavy atom. The first-order valence-electron chi connectivity index (χ1n) is 10.2. The smallest absolute Gasteiger partial charge is 0.330 e. The van der Waals surface area contributed by atoms with Crippen molar-refractivity contribution in [2.75, 3.05) is 35.8 Å². The molecule has 172 valence electrons. The lowest BCUT2D eigenvalue weighted by Crippen LogP contribution is -2.45. The molecular formula is C20H26N6O6. The van der Waals surface area contributed by atoms with Crippen LogP contribution < -0.4 is 42.0 Å². The number of hydrogen-bond acceptors (Lipinski definition) is 8. The summed E-state index contributed by atoms with van der Waals surface area (Å²) in [7, 11) is 0. The molecule has 1 aliphatic heterocycles. The molecule has 5 N–H and O–H groups in total. The first kappa shape index (κ1) is 22.7. The highest BCUT2D eigenvalue weighted by Crippen LogP contribution is 2.34. The maximum Gasteiger partial charge on any atom is 0.330 e. The van der Waals surface area contributed by atoms with Crippen LogP contribution in [0, 0.1) is 0 Å². The van der Waals surface area contributed by atoms with Gasteiger partial charge in [-0.05, 0) is 25.5 Å². The number of carbonyl (C=O) groups is 2. The Morgan fingerprint density at radius 1 is 1.22 bits per heavy atom. The average molecular weight is 446 g/mol. The Labute approximate surface area is 183 Å². The highest BCUT2D eigenvalue weighted by molar-refractivity contribution is 6.02. The van der Waals surface area contributed by atoms with Crippen molar-refractivity contribution >= 4 is 29.1 Å². The van der Waals surface area contributed by atoms with Crippen LogP contribution in [0.3, 0.4) is 0 Å². The van der Waals surface area contributed by atoms with E-state index in [1.165, 1.54) is 9.47 Å². The molecule has 0 unspecified atom stereocenters. The van der Waals surface area contributed by atoms with E-state index in [-0.39, 0.29) is 31.4 Å². The van der Waals surface area contributed by atoms with Crippen molar-refractivity contribution in [2.24, 2.45) is 0 Å². The van der Waals surface area contributed by atoms with Gasteiger partial charge in [-0.15, -0.1) is 0 Å². The molecule has 3 rings (SSSR count). The Morgan fingerprint density at radius 2 is 1.97 bits per heavy atom. The number of carbonyl (C=O) groups excluding carboxylic acids is 2. The van der Waals surface area contributed by atoms with Gasteiger partial charge in [0.2, 0.25) is 12.7 Å². The predicted molar refractivity (Wildman–Crippen MR) is 118 cm³/mol. The number of likely N-dealkylation sites (N-methyl/N-ethyl adjacent to an activating group) is 1. The summed E-state index contributed by atoms with van der Waals surface area (Å²) < 4.78 is 11.7. The van der Waals surface area contributed by atoms with Gasteiger partial charge in [0, 0.05) is 24.8 Å². The minimum absolute atomic E-state index is 0.00883. The van der Waals surface area contributed by atoms with Crippen LogP contribution in [0.1, 0.15) is 26.7 Å². The molecule has 3 amide bonds. The van der Waals surface area contributed by atoms with Crippen LogP contribution in [0.5, 0.6) is 11.5 Å². The molecule has 1 aliphatic rings. The number of ether oxygens (including phenoxy) is 2. The number of aromatic nitrogens is 2. The summed E-state index contributed by atoms with van der Waals surface area (Å²) in [6.07, 6.45) is 1.53. The largest absolute Gasteiger partial charge is 0.454 e. The molecule has 1 aromatic heterocycles. The van der Waals surface area contributed by atoms with Crippen LogP contribution in [0.2, 0.25) is 0 Å². The lowest BCUT2D eigenvalue weighted by atomic mass is 10.3. The van der Waals surface area contributed by atoms with Crippen molar-refractivity contribution in [1.82, 2.24) is 14.9 Å². The van der Waals surface area contributed by atoms with Gasteiger partial charge in [0.15, 0.2) is 11.5 Å². The third-order valence-corrected chi connectivity index (χ3v) is 4.87. The van der Waals surface area contributed by atoms with E-state index < -0.39 is 23.2 Å². The third kappa shape index (κ3) is 5.02. The molecule has 32 heavy (non-hydrogen) atoms. The maximum absolute atomic E-state index is 12.4. The minimum Gasteiger partial charge on any atom is -0.454 e. The lowest BCUT2D eigenvalue weighted by molar-refractivity contribution is -0.118. The maximum atomic E-state index is 12.4. The van der Waals surface area contributed by atoms with Gasteiger partial charge in [-0.3, -0.25) is 24.5 Å². The van der Waals surface area contributed by atoms with Crippen LogP contribution in [0.4, 0.5) is 22.0 Å². The number of benzene rings is 1. The van der Waals surface area contributed by atoms with Crippen LogP contribution in [-0.4, -0.2) is 41.4 Å². The fraction of sp³-hybridized carbons (Fsp3) is 0.400. The number of nitrogens with two attached hydrogens (primary N) is 1. The number of aromatic amines is 1. The molecular weight excluding hydrogens is 420 g/mol. The van der Waals surface area contributed by atoms with Crippen molar-refractivity contribution in [3.8, 4) is 11.5 Å². The first-order chi connectivity index (χ1) is 15.3. The van der Waals surface area contributed by atoms with Gasteiger partial charge in [-0.1, -0.05) is 13.3 Å². The number of nitrogens with one attached hydrogen (secondary N) is 3. The van der Waals surface area contributed by atoms with Gasteiger partial charge < -0.3 is 25.4 Å². The zero-order valence-corrected chi connectivity index (χ0v) is 17.9. The molecule has 0 fully saturated rings. The molecule has 0 atom stereocenters. The normalized spacial score (nSPS) is 11.8. The van der Waals surface area contributed by atoms with Crippen molar-refractivity contribution in [3.63, 3.8) is 0 Å². The summed E-state index contributed by atoms with van der Waals surface area (Å²) in [4.78, 5) is 52.8. The Bertz CT molecular complexity index is 1120. The fourth-order valence-corrected chi connectivity index (χ4v) is 3.25. The van der Waals surface area contributed by atoms with E-state index in [0.717, 1.165) is 6.42 Å². The molecule has 2 aromatic rings. The number of nitrogens with zero attached hydrogens (tertiary/aromatic N) is 2. The molecule has 0 saturated heterocycles. The third-order valence-electron chi connectivity index (χ3n) is 4.87. The summed E-state index contributed by atoms with van der Waals surface area (Å²) in [5.41, 5.74) is 5.22. The number of H-pyrrole nitrogens is 1. The van der Waals surface area contributed by atoms with E-state index in [1.807, 2.05) is 6.92 Å². The van der Waals surface area contributed by atoms with Gasteiger partial charge in [-0.25, -0.2) is 9.59 Å². The second kappa shape index (κ2) is 9.90. The summed E-state index contributed by atoms with van der Waals surface area (Å²) in [6, 6.07) is 4.07. The minimum atomic E-state index is -0.750. The van der Waals surface area contributed by atoms with Crippen LogP contribution in [0.25, 0.3) is 0 Å². The first-order valence-corrected chi connectivity index (χ1v) is 10.2. The molecule has 0 spiro atoms. The van der Waals surface area contributed by atoms with Gasteiger partial charge in [0.1, 0.15) is 11.5 Å². The summed E-state index contributed by atoms with van der Waals surface area (Å²) in [5.74, 6) is 0.370. The molecule has 0 aliphatic carbocycles. The number of hydrogen-bond donors (Lipinski definition) is 4. The quantitative estimate of drug-likeness (QED) is 0.463. The molecule has 0 saturated carbocycles. The second-order valence-corrected chi connectivity index (χ2v) is 7.08. The molecule has 1 aromatic carbocycles. The van der Waals surface area contributed by atoms with Gasteiger partial charge in [0.25, 0.3) is 5.56 Å². The SMILES string of the molecule is CCCCn1c(N)c(N(CC)CC(=O)NC(=O)Nc2ccc3c(c2)OCO3)c(=O)[nH]c1=O. The van der Waals surface area contributed by atoms with Crippen molar-refractivity contribution in [2.45, 2.75) is 33.2 Å². The number of urea groups is 1. The van der Waals surface area contributed by atoms with Gasteiger partial charge in [-0.2, -0.15) is 0 Å². The molecule has 0 bridgehead atoms. The molecule has 12 heteroatoms. The highest BCUT2D eigenvalue weighted by atomic mass is 16.7. The van der Waals surface area contributed by atoms with E-state index in [9.17, 15) is 19.2 Å². The monoisotopic (exact) mass is 446 g/mol. The standard InChI is InChI=1S/C20H26N6O6/c1-3-5-8-26-17(21)16(18(28)24-20(26)30)25(4-2)10-15(27)23-19(29)22-12-6-7-13-14(9-12)32-11-31-13/h6-7,9H,3-5,8,10-11,21H2,1-2H3,(H,24,28,30)(H2,22,23,27,29). The number of amides is 3. The number of unbranched alkanes of at least 4 members (excludes halogenated alkanes) is 1. The Kier molecular flexibility index (Phi) is 7.03. The number of fused-ring (bicyclic) bond motifs is 1. The number of imide groups is 1. The van der Waals surface area contributed by atoms with Gasteiger partial charge >= 0.3 is 11.7 Å². The van der Waals surface area contributed by atoms with E-state index in [2.05, 4.69) is 15.6 Å². The molecule has 12 nitrogen and oxygen atoms in total. The topological polar surface area (TPSA) is 161 Å². The highest BCUT2D eigenvalue weighted by Gasteiger charge is 2.21. The summed E-state index contributed by atoms with van der Waals surface area (Å²) in [6.45, 7) is 4.06. The van der Waals surface area contributed by atoms with E-state index in [1.54, 1.807) is 25.1 Å². The van der Waals surface area contributed by atoms with Crippen LogP contribution in [0.15, 0.2) is 27.8 Å². The number of anilines is 3. The molecule has 2 heterocycles. The Hall–Kier alpha value is -3.96. The van der Waals surface area contributed by atoms with Crippen LogP contribution >= 0.6 is 0 Å². The van der Waals surface area contributed by atoms with E-state index in [0.29, 0.717) is 30.2 Å². The average Bonchev–Trinajstić information content (AvgIpc) is 3.20. The van der Waals surface area contributed by atoms with Crippen molar-refractivity contribution < 1.29 is 19.1 Å².